The van der Waals surface area contributed by atoms with Crippen LogP contribution in [0.2, 0.25) is 0 Å². The lowest BCUT2D eigenvalue weighted by atomic mass is 9.88. The summed E-state index contributed by atoms with van der Waals surface area (Å²) in [6.07, 6.45) is 10.9. The molecule has 0 spiro atoms. The van der Waals surface area contributed by atoms with Gasteiger partial charge in [-0.25, -0.2) is 9.97 Å². The Morgan fingerprint density at radius 3 is 2.82 bits per heavy atom. The zero-order valence-electron chi connectivity index (χ0n) is 21.2. The third-order valence-corrected chi connectivity index (χ3v) is 6.24. The van der Waals surface area contributed by atoms with E-state index in [1.165, 1.54) is 6.42 Å². The summed E-state index contributed by atoms with van der Waals surface area (Å²) in [5.74, 6) is 2.78. The minimum Gasteiger partial charge on any atom is -0.383 e. The average Bonchev–Trinajstić information content (AvgIpc) is 2.85. The van der Waals surface area contributed by atoms with Crippen LogP contribution in [0.15, 0.2) is 60.4 Å². The van der Waals surface area contributed by atoms with Gasteiger partial charge in [-0.3, -0.25) is 4.99 Å². The summed E-state index contributed by atoms with van der Waals surface area (Å²) >= 11 is 0. The summed E-state index contributed by atoms with van der Waals surface area (Å²) < 4.78 is 0. The number of anilines is 1. The minimum absolute atomic E-state index is 0.607. The fourth-order valence-electron chi connectivity index (χ4n) is 4.27. The zero-order chi connectivity index (χ0) is 24.5. The van der Waals surface area contributed by atoms with E-state index in [9.17, 15) is 0 Å². The number of hydrogen-bond acceptors (Lipinski definition) is 6. The van der Waals surface area contributed by atoms with Gasteiger partial charge in [0.05, 0.1) is 0 Å². The molecule has 34 heavy (non-hydrogen) atoms. The van der Waals surface area contributed by atoms with Crippen LogP contribution in [-0.2, 0) is 0 Å². The first-order valence-electron chi connectivity index (χ1n) is 12.0. The van der Waals surface area contributed by atoms with Crippen molar-refractivity contribution in [3.63, 3.8) is 0 Å². The first-order valence-corrected chi connectivity index (χ1v) is 12.0. The second-order valence-corrected chi connectivity index (χ2v) is 9.03. The molecular weight excluding hydrogens is 420 g/mol. The Kier molecular flexibility index (Phi) is 9.16. The molecule has 1 aliphatic heterocycles. The summed E-state index contributed by atoms with van der Waals surface area (Å²) in [5, 5.41) is 7.14. The van der Waals surface area contributed by atoms with Gasteiger partial charge in [-0.15, -0.1) is 0 Å². The molecular formula is C28H38N6. The number of aliphatic imine (C=N–C) groups is 1. The number of hydrogen-bond donors (Lipinski definition) is 2. The number of allylic oxidation sites excluding steroid dienone is 4. The van der Waals surface area contributed by atoms with Crippen molar-refractivity contribution in [2.24, 2.45) is 16.8 Å². The van der Waals surface area contributed by atoms with Crippen molar-refractivity contribution in [2.75, 3.05) is 46.1 Å². The van der Waals surface area contributed by atoms with E-state index in [1.807, 2.05) is 56.5 Å². The molecule has 0 amide bonds. The number of piperidine rings is 1. The third kappa shape index (κ3) is 6.41. The molecule has 0 radical (unpaired) electrons. The molecule has 1 aliphatic rings. The summed E-state index contributed by atoms with van der Waals surface area (Å²) in [6, 6.07) is 8.30. The zero-order valence-corrected chi connectivity index (χ0v) is 21.2. The van der Waals surface area contributed by atoms with E-state index in [2.05, 4.69) is 53.5 Å². The standard InChI is InChI=1S/C28H38N6/c1-7-21(16-29-4)26-18-32-27(33-28(26)31-17-25-12-13-30-15-20(25)3)24-11-9-10-23(14-24)22(8-2)19-34(5)6/h7-11,14,16,18-20,25,30H,2,12-13,15,17H2,1,3-6H3,(H,31,32,33)/b21-7+,22-19+,29-16?. The van der Waals surface area contributed by atoms with Crippen molar-refractivity contribution in [1.82, 2.24) is 20.2 Å². The maximum absolute atomic E-state index is 4.99. The van der Waals surface area contributed by atoms with Gasteiger partial charge in [-0.1, -0.05) is 43.9 Å². The second-order valence-electron chi connectivity index (χ2n) is 9.03. The van der Waals surface area contributed by atoms with Crippen molar-refractivity contribution in [3.8, 4) is 11.4 Å². The summed E-state index contributed by atoms with van der Waals surface area (Å²) in [7, 11) is 5.80. The molecule has 2 aromatic rings. The molecule has 0 saturated carbocycles. The first kappa shape index (κ1) is 25.4. The molecule has 180 valence electrons. The summed E-state index contributed by atoms with van der Waals surface area (Å²) in [5.41, 5.74) is 5.08. The highest BCUT2D eigenvalue weighted by molar-refractivity contribution is 6.11. The molecule has 1 fully saturated rings. The van der Waals surface area contributed by atoms with E-state index in [-0.39, 0.29) is 0 Å². The van der Waals surface area contributed by atoms with Crippen molar-refractivity contribution in [1.29, 1.82) is 0 Å². The SMILES string of the molecule is C=C/C(=C\N(C)C)c1cccc(-c2ncc(/C(C=NC)=C/C)c(NCC3CCNCC3C)n2)c1. The molecule has 0 bridgehead atoms. The van der Waals surface area contributed by atoms with Crippen LogP contribution >= 0.6 is 0 Å². The molecule has 6 nitrogen and oxygen atoms in total. The Bertz CT molecular complexity index is 1070. The number of rotatable bonds is 9. The van der Waals surface area contributed by atoms with Gasteiger partial charge in [-0.05, 0) is 55.5 Å². The van der Waals surface area contributed by atoms with Gasteiger partial charge in [0.25, 0.3) is 0 Å². The van der Waals surface area contributed by atoms with Crippen LogP contribution in [0.3, 0.4) is 0 Å². The molecule has 2 atom stereocenters. The maximum atomic E-state index is 4.99. The monoisotopic (exact) mass is 458 g/mol. The Morgan fingerprint density at radius 2 is 2.15 bits per heavy atom. The van der Waals surface area contributed by atoms with E-state index < -0.39 is 0 Å². The number of nitrogens with zero attached hydrogens (tertiary/aromatic N) is 4. The molecule has 2 unspecified atom stereocenters. The average molecular weight is 459 g/mol. The quantitative estimate of drug-likeness (QED) is 0.409. The highest BCUT2D eigenvalue weighted by atomic mass is 15.0. The van der Waals surface area contributed by atoms with Gasteiger partial charge < -0.3 is 15.5 Å². The Hall–Kier alpha value is -3.25. The number of benzene rings is 1. The van der Waals surface area contributed by atoms with Crippen LogP contribution in [-0.4, -0.2) is 61.9 Å². The van der Waals surface area contributed by atoms with Crippen molar-refractivity contribution in [3.05, 3.63) is 66.5 Å². The smallest absolute Gasteiger partial charge is 0.161 e. The predicted molar refractivity (Wildman–Crippen MR) is 146 cm³/mol. The normalized spacial score (nSPS) is 19.3. The van der Waals surface area contributed by atoms with Crippen molar-refractivity contribution < 1.29 is 0 Å². The van der Waals surface area contributed by atoms with Gasteiger partial charge in [0.1, 0.15) is 5.82 Å². The molecule has 2 N–H and O–H groups in total. The molecule has 0 aliphatic carbocycles. The van der Waals surface area contributed by atoms with E-state index in [0.29, 0.717) is 17.7 Å². The second kappa shape index (κ2) is 12.3. The van der Waals surface area contributed by atoms with Crippen LogP contribution in [0.4, 0.5) is 5.82 Å². The Balaban J connectivity index is 1.98. The number of aromatic nitrogens is 2. The van der Waals surface area contributed by atoms with Gasteiger partial charge in [0.15, 0.2) is 5.82 Å². The molecule has 1 saturated heterocycles. The van der Waals surface area contributed by atoms with Gasteiger partial charge in [0.2, 0.25) is 0 Å². The fourth-order valence-corrected chi connectivity index (χ4v) is 4.27. The van der Waals surface area contributed by atoms with Crippen molar-refractivity contribution >= 4 is 23.2 Å². The van der Waals surface area contributed by atoms with Crippen LogP contribution in [0.5, 0.6) is 0 Å². The van der Waals surface area contributed by atoms with Crippen LogP contribution < -0.4 is 10.6 Å². The van der Waals surface area contributed by atoms with E-state index in [1.54, 1.807) is 7.05 Å². The summed E-state index contributed by atoms with van der Waals surface area (Å²) in [6.45, 7) is 11.3. The molecule has 1 aromatic carbocycles. The highest BCUT2D eigenvalue weighted by Gasteiger charge is 2.22. The van der Waals surface area contributed by atoms with E-state index >= 15 is 0 Å². The minimum atomic E-state index is 0.607. The summed E-state index contributed by atoms with van der Waals surface area (Å²) in [4.78, 5) is 16.0. The Labute approximate surface area is 204 Å². The van der Waals surface area contributed by atoms with Crippen LogP contribution in [0, 0.1) is 11.8 Å². The predicted octanol–water partition coefficient (Wildman–Crippen LogP) is 4.99. The maximum Gasteiger partial charge on any atom is 0.161 e. The van der Waals surface area contributed by atoms with Gasteiger partial charge >= 0.3 is 0 Å². The van der Waals surface area contributed by atoms with Crippen molar-refractivity contribution in [2.45, 2.75) is 20.3 Å². The lowest BCUT2D eigenvalue weighted by molar-refractivity contribution is 0.286. The lowest BCUT2D eigenvalue weighted by Gasteiger charge is -2.30. The third-order valence-electron chi connectivity index (χ3n) is 6.24. The molecule has 6 heteroatoms. The molecule has 1 aromatic heterocycles. The molecule has 3 rings (SSSR count). The topological polar surface area (TPSA) is 65.4 Å². The number of nitrogens with one attached hydrogen (secondary N) is 2. The van der Waals surface area contributed by atoms with E-state index in [4.69, 9.17) is 9.97 Å². The molecule has 2 heterocycles. The van der Waals surface area contributed by atoms with Crippen LogP contribution in [0.25, 0.3) is 22.5 Å². The van der Waals surface area contributed by atoms with Gasteiger partial charge in [0, 0.05) is 63.0 Å². The van der Waals surface area contributed by atoms with Crippen LogP contribution in [0.1, 0.15) is 31.4 Å². The Morgan fingerprint density at radius 1 is 1.32 bits per heavy atom. The van der Waals surface area contributed by atoms with E-state index in [0.717, 1.165) is 53.3 Å². The largest absolute Gasteiger partial charge is 0.383 e. The lowest BCUT2D eigenvalue weighted by Crippen LogP contribution is -2.38. The highest BCUT2D eigenvalue weighted by Crippen LogP contribution is 2.28. The fraction of sp³-hybridized carbons (Fsp3) is 0.393. The van der Waals surface area contributed by atoms with Gasteiger partial charge in [-0.2, -0.15) is 0 Å². The first-order chi connectivity index (χ1) is 16.5.